The van der Waals surface area contributed by atoms with Crippen LogP contribution < -0.4 is 15.9 Å². The van der Waals surface area contributed by atoms with E-state index in [1.165, 1.54) is 0 Å². The third kappa shape index (κ3) is 3.03. The number of hydrogen-bond acceptors (Lipinski definition) is 3. The molecule has 1 aliphatic heterocycles. The monoisotopic (exact) mass is 543 g/mol. The lowest BCUT2D eigenvalue weighted by Gasteiger charge is -2.17. The molecule has 192 valence electrons. The molecule has 4 heterocycles. The molecule has 0 aliphatic carbocycles. The number of aromatic nitrogens is 3. The molecule has 1 aliphatic rings. The highest BCUT2D eigenvalue weighted by Gasteiger charge is 2.40. The van der Waals surface area contributed by atoms with Gasteiger partial charge in [-0.3, -0.25) is 9.38 Å². The molecule has 8 aromatic rings. The second-order valence-electron chi connectivity index (χ2n) is 10.6. The Labute approximate surface area is 235 Å². The fraction of sp³-hybridized carbons (Fsp3) is 0. The summed E-state index contributed by atoms with van der Waals surface area (Å²) in [5.41, 5.74) is 8.00. The van der Waals surface area contributed by atoms with E-state index in [2.05, 4.69) is 82.2 Å². The number of benzene rings is 5. The van der Waals surface area contributed by atoms with Crippen LogP contribution in [0.3, 0.4) is 0 Å². The molecule has 0 spiro atoms. The maximum atomic E-state index is 15.2. The Morgan fingerprint density at radius 3 is 2.05 bits per heavy atom. The summed E-state index contributed by atoms with van der Waals surface area (Å²) in [5.74, 6) is 0. The average molecular weight is 544 g/mol. The van der Waals surface area contributed by atoms with E-state index in [-0.39, 0.29) is 0 Å². The average Bonchev–Trinajstić information content (AvgIpc) is 3.56. The highest BCUT2D eigenvalue weighted by Crippen LogP contribution is 2.52. The lowest BCUT2D eigenvalue weighted by atomic mass is 10.1. The van der Waals surface area contributed by atoms with Crippen LogP contribution in [-0.2, 0) is 4.57 Å². The van der Waals surface area contributed by atoms with E-state index in [9.17, 15) is 0 Å². The highest BCUT2D eigenvalue weighted by atomic mass is 31.2. The molecule has 5 aromatic carbocycles. The van der Waals surface area contributed by atoms with E-state index in [1.807, 2.05) is 60.8 Å². The van der Waals surface area contributed by atoms with E-state index in [0.717, 1.165) is 76.7 Å². The molecule has 0 fully saturated rings. The van der Waals surface area contributed by atoms with E-state index in [4.69, 9.17) is 4.98 Å². The van der Waals surface area contributed by atoms with Gasteiger partial charge in [0.15, 0.2) is 7.14 Å². The molecule has 0 atom stereocenters. The van der Waals surface area contributed by atoms with Crippen molar-refractivity contribution in [3.8, 4) is 22.4 Å². The van der Waals surface area contributed by atoms with Crippen LogP contribution in [0, 0.1) is 0 Å². The van der Waals surface area contributed by atoms with Crippen LogP contribution in [0.2, 0.25) is 0 Å². The molecule has 41 heavy (non-hydrogen) atoms. The summed E-state index contributed by atoms with van der Waals surface area (Å²) < 4.78 is 17.5. The molecule has 0 saturated carbocycles. The summed E-state index contributed by atoms with van der Waals surface area (Å²) in [6, 6.07) is 43.3. The van der Waals surface area contributed by atoms with Crippen LogP contribution in [-0.4, -0.2) is 14.4 Å². The van der Waals surface area contributed by atoms with Crippen molar-refractivity contribution in [2.45, 2.75) is 0 Å². The number of imidazole rings is 1. The molecule has 5 heteroatoms. The zero-order valence-electron chi connectivity index (χ0n) is 21.9. The van der Waals surface area contributed by atoms with E-state index < -0.39 is 7.14 Å². The molecule has 0 saturated heterocycles. The molecule has 9 rings (SSSR count). The largest absolute Gasteiger partial charge is 0.309 e. The first-order valence-corrected chi connectivity index (χ1v) is 15.4. The Morgan fingerprint density at radius 2 is 1.29 bits per heavy atom. The van der Waals surface area contributed by atoms with Crippen molar-refractivity contribution in [1.29, 1.82) is 0 Å². The van der Waals surface area contributed by atoms with Gasteiger partial charge in [-0.1, -0.05) is 84.9 Å². The Kier molecular flexibility index (Phi) is 4.57. The first-order chi connectivity index (χ1) is 20.2. The Bertz CT molecular complexity index is 2360. The zero-order chi connectivity index (χ0) is 27.1. The third-order valence-electron chi connectivity index (χ3n) is 8.43. The maximum Gasteiger partial charge on any atom is 0.172 e. The molecule has 3 aromatic heterocycles. The van der Waals surface area contributed by atoms with E-state index in [1.54, 1.807) is 0 Å². The minimum Gasteiger partial charge on any atom is -0.309 e. The molecule has 0 radical (unpaired) electrons. The first kappa shape index (κ1) is 22.7. The van der Waals surface area contributed by atoms with Gasteiger partial charge in [0.1, 0.15) is 5.65 Å². The van der Waals surface area contributed by atoms with Crippen molar-refractivity contribution in [3.63, 3.8) is 0 Å². The van der Waals surface area contributed by atoms with Gasteiger partial charge in [0.25, 0.3) is 0 Å². The van der Waals surface area contributed by atoms with Gasteiger partial charge in [0.2, 0.25) is 0 Å². The fourth-order valence-electron chi connectivity index (χ4n) is 6.60. The summed E-state index contributed by atoms with van der Waals surface area (Å²) in [4.78, 5) is 9.66. The van der Waals surface area contributed by atoms with Crippen LogP contribution in [0.4, 0.5) is 0 Å². The van der Waals surface area contributed by atoms with Crippen molar-refractivity contribution in [2.24, 2.45) is 0 Å². The van der Waals surface area contributed by atoms with Crippen molar-refractivity contribution in [2.75, 3.05) is 0 Å². The van der Waals surface area contributed by atoms with Gasteiger partial charge in [-0.2, -0.15) is 0 Å². The summed E-state index contributed by atoms with van der Waals surface area (Å²) in [6.45, 7) is 0. The number of rotatable bonds is 2. The lowest BCUT2D eigenvalue weighted by Crippen LogP contribution is -2.20. The van der Waals surface area contributed by atoms with Crippen molar-refractivity contribution in [3.05, 3.63) is 134 Å². The van der Waals surface area contributed by atoms with Gasteiger partial charge in [0, 0.05) is 38.4 Å². The smallest absolute Gasteiger partial charge is 0.172 e. The van der Waals surface area contributed by atoms with Crippen LogP contribution in [0.25, 0.3) is 60.7 Å². The minimum absolute atomic E-state index is 0.852. The van der Waals surface area contributed by atoms with Gasteiger partial charge < -0.3 is 4.57 Å². The van der Waals surface area contributed by atoms with Crippen LogP contribution in [0.15, 0.2) is 134 Å². The Balaban J connectivity index is 1.38. The zero-order valence-corrected chi connectivity index (χ0v) is 22.8. The Morgan fingerprint density at radius 1 is 0.585 bits per heavy atom. The predicted octanol–water partition coefficient (Wildman–Crippen LogP) is 7.48. The van der Waals surface area contributed by atoms with Crippen LogP contribution >= 0.6 is 7.14 Å². The quantitative estimate of drug-likeness (QED) is 0.168. The number of pyridine rings is 2. The standard InChI is InChI=1S/C36H22N3OP/c40-41(34-14-5-3-10-26(34)27-11-4-6-15-35(27)41)24-17-19-32-29(22-24)25-9-1-2-12-28(25)36-38-31-18-16-23(21-33(31)39(32)36)30-13-7-8-20-37-30/h1-22H. The second-order valence-corrected chi connectivity index (χ2v) is 13.3. The summed E-state index contributed by atoms with van der Waals surface area (Å²) >= 11 is 0. The third-order valence-corrected chi connectivity index (χ3v) is 11.6. The Hall–Kier alpha value is -5.05. The SMILES string of the molecule is O=P1(c2ccc3c(c2)c2ccccc2c2nc4ccc(-c5ccccn5)cc4n32)c2ccccc2-c2ccccc21. The number of nitrogens with zero attached hydrogens (tertiary/aromatic N) is 3. The molecule has 0 amide bonds. The molecule has 0 N–H and O–H groups in total. The maximum absolute atomic E-state index is 15.2. The minimum atomic E-state index is -3.06. The summed E-state index contributed by atoms with van der Waals surface area (Å²) in [7, 11) is -3.06. The lowest BCUT2D eigenvalue weighted by molar-refractivity contribution is 0.593. The van der Waals surface area contributed by atoms with Crippen molar-refractivity contribution < 1.29 is 4.57 Å². The van der Waals surface area contributed by atoms with Crippen LogP contribution in [0.1, 0.15) is 0 Å². The molecule has 4 nitrogen and oxygen atoms in total. The van der Waals surface area contributed by atoms with E-state index in [0.29, 0.717) is 0 Å². The second kappa shape index (κ2) is 8.23. The highest BCUT2D eigenvalue weighted by molar-refractivity contribution is 7.86. The van der Waals surface area contributed by atoms with Crippen molar-refractivity contribution in [1.82, 2.24) is 14.4 Å². The number of fused-ring (bicyclic) bond motifs is 11. The van der Waals surface area contributed by atoms with Gasteiger partial charge in [-0.25, -0.2) is 4.98 Å². The van der Waals surface area contributed by atoms with Crippen molar-refractivity contribution >= 4 is 61.4 Å². The summed E-state index contributed by atoms with van der Waals surface area (Å²) in [6.07, 6.45) is 1.82. The van der Waals surface area contributed by atoms with Gasteiger partial charge in [-0.15, -0.1) is 0 Å². The normalized spacial score (nSPS) is 13.7. The molecular formula is C36H22N3OP. The molecule has 0 unspecified atom stereocenters. The van der Waals surface area contributed by atoms with E-state index >= 15 is 4.57 Å². The summed E-state index contributed by atoms with van der Waals surface area (Å²) in [5, 5.41) is 5.91. The van der Waals surface area contributed by atoms with Crippen LogP contribution in [0.5, 0.6) is 0 Å². The molecular weight excluding hydrogens is 521 g/mol. The number of hydrogen-bond donors (Lipinski definition) is 0. The van der Waals surface area contributed by atoms with Gasteiger partial charge in [0.05, 0.1) is 22.2 Å². The van der Waals surface area contributed by atoms with Gasteiger partial charge >= 0.3 is 0 Å². The predicted molar refractivity (Wildman–Crippen MR) is 169 cm³/mol. The first-order valence-electron chi connectivity index (χ1n) is 13.7. The topological polar surface area (TPSA) is 47.3 Å². The molecule has 0 bridgehead atoms. The fourth-order valence-corrected chi connectivity index (χ4v) is 9.67. The van der Waals surface area contributed by atoms with Gasteiger partial charge in [-0.05, 0) is 59.0 Å².